The predicted molar refractivity (Wildman–Crippen MR) is 68.4 cm³/mol. The number of alkyl halides is 3. The van der Waals surface area contributed by atoms with E-state index >= 15 is 0 Å². The second-order valence-corrected chi connectivity index (χ2v) is 4.32. The van der Waals surface area contributed by atoms with Gasteiger partial charge in [0.1, 0.15) is 23.1 Å². The molecule has 0 radical (unpaired) electrons. The fourth-order valence-electron chi connectivity index (χ4n) is 1.60. The number of halogens is 4. The van der Waals surface area contributed by atoms with Gasteiger partial charge in [0.05, 0.1) is 26.9 Å². The van der Waals surface area contributed by atoms with Crippen molar-refractivity contribution in [3.8, 4) is 11.5 Å². The third kappa shape index (κ3) is 4.43. The zero-order valence-electron chi connectivity index (χ0n) is 11.0. The van der Waals surface area contributed by atoms with E-state index in [4.69, 9.17) is 26.8 Å². The van der Waals surface area contributed by atoms with Crippen LogP contribution in [0.4, 0.5) is 13.2 Å². The molecule has 0 saturated heterocycles. The molecule has 0 fully saturated rings. The average Bonchev–Trinajstić information content (AvgIpc) is 2.36. The van der Waals surface area contributed by atoms with Crippen molar-refractivity contribution in [2.45, 2.75) is 12.2 Å². The Morgan fingerprint density at radius 3 is 2.40 bits per heavy atom. The van der Waals surface area contributed by atoms with E-state index in [1.807, 2.05) is 0 Å². The molecule has 1 aromatic rings. The molecular formula is C12H15ClF3NO3. The molecule has 114 valence electrons. The molecular weight excluding hydrogens is 299 g/mol. The molecule has 1 rings (SSSR count). The van der Waals surface area contributed by atoms with Gasteiger partial charge in [-0.2, -0.15) is 13.2 Å². The summed E-state index contributed by atoms with van der Waals surface area (Å²) < 4.78 is 50.6. The lowest BCUT2D eigenvalue weighted by Gasteiger charge is -2.18. The molecule has 0 amide bonds. The molecule has 0 saturated carbocycles. The van der Waals surface area contributed by atoms with Gasteiger partial charge in [-0.15, -0.1) is 0 Å². The number of benzene rings is 1. The van der Waals surface area contributed by atoms with Crippen LogP contribution in [0.3, 0.4) is 0 Å². The second-order valence-electron chi connectivity index (χ2n) is 3.94. The van der Waals surface area contributed by atoms with E-state index in [9.17, 15) is 13.2 Å². The highest BCUT2D eigenvalue weighted by atomic mass is 35.5. The van der Waals surface area contributed by atoms with E-state index in [0.29, 0.717) is 11.3 Å². The summed E-state index contributed by atoms with van der Waals surface area (Å²) in [6.45, 7) is -1.66. The van der Waals surface area contributed by atoms with E-state index < -0.39 is 18.8 Å². The Morgan fingerprint density at radius 2 is 1.90 bits per heavy atom. The lowest BCUT2D eigenvalue weighted by atomic mass is 10.1. The number of hydrogen-bond acceptors (Lipinski definition) is 4. The van der Waals surface area contributed by atoms with Crippen molar-refractivity contribution in [2.24, 2.45) is 5.73 Å². The van der Waals surface area contributed by atoms with Gasteiger partial charge in [0, 0.05) is 5.56 Å². The minimum Gasteiger partial charge on any atom is -0.495 e. The Morgan fingerprint density at radius 1 is 1.25 bits per heavy atom. The first-order chi connectivity index (χ1) is 9.30. The van der Waals surface area contributed by atoms with E-state index in [2.05, 4.69) is 4.74 Å². The number of methoxy groups -OCH3 is 2. The van der Waals surface area contributed by atoms with Gasteiger partial charge in [0.15, 0.2) is 0 Å². The molecule has 0 heterocycles. The molecule has 1 unspecified atom stereocenters. The fourth-order valence-corrected chi connectivity index (χ4v) is 1.93. The quantitative estimate of drug-likeness (QED) is 0.877. The summed E-state index contributed by atoms with van der Waals surface area (Å²) in [4.78, 5) is 0. The molecule has 1 atom stereocenters. The summed E-state index contributed by atoms with van der Waals surface area (Å²) in [5, 5.41) is 0.207. The van der Waals surface area contributed by atoms with Crippen molar-refractivity contribution < 1.29 is 27.4 Å². The Kier molecular flexibility index (Phi) is 5.91. The summed E-state index contributed by atoms with van der Waals surface area (Å²) >= 11 is 6.04. The molecule has 0 aromatic heterocycles. The van der Waals surface area contributed by atoms with Crippen LogP contribution in [-0.2, 0) is 4.74 Å². The molecule has 0 aliphatic rings. The zero-order valence-corrected chi connectivity index (χ0v) is 11.7. The molecule has 1 aromatic carbocycles. The summed E-state index contributed by atoms with van der Waals surface area (Å²) in [6.07, 6.45) is -4.39. The molecule has 2 N–H and O–H groups in total. The van der Waals surface area contributed by atoms with Crippen molar-refractivity contribution in [3.63, 3.8) is 0 Å². The SMILES string of the molecule is COc1ccc(C(N)COCC(F)(F)F)c(OC)c1Cl. The number of rotatable bonds is 6. The van der Waals surface area contributed by atoms with E-state index in [-0.39, 0.29) is 17.4 Å². The highest BCUT2D eigenvalue weighted by molar-refractivity contribution is 6.33. The van der Waals surface area contributed by atoms with Crippen LogP contribution in [0.5, 0.6) is 11.5 Å². The topological polar surface area (TPSA) is 53.7 Å². The Hall–Kier alpha value is -1.18. The van der Waals surface area contributed by atoms with E-state index in [1.165, 1.54) is 14.2 Å². The summed E-state index contributed by atoms with van der Waals surface area (Å²) in [5.41, 5.74) is 6.23. The first-order valence-corrected chi connectivity index (χ1v) is 5.98. The summed E-state index contributed by atoms with van der Waals surface area (Å²) in [6, 6.07) is 2.34. The van der Waals surface area contributed by atoms with Crippen LogP contribution in [-0.4, -0.2) is 33.6 Å². The highest BCUT2D eigenvalue weighted by Crippen LogP contribution is 2.38. The van der Waals surface area contributed by atoms with Gasteiger partial charge < -0.3 is 19.9 Å². The van der Waals surface area contributed by atoms with Crippen LogP contribution < -0.4 is 15.2 Å². The standard InChI is InChI=1S/C12H15ClF3NO3/c1-18-9-4-3-7(11(19-2)10(9)13)8(17)5-20-6-12(14,15)16/h3-4,8H,5-6,17H2,1-2H3. The van der Waals surface area contributed by atoms with Crippen LogP contribution in [0.1, 0.15) is 11.6 Å². The average molecular weight is 314 g/mol. The van der Waals surface area contributed by atoms with Gasteiger partial charge in [0.2, 0.25) is 0 Å². The number of nitrogens with two attached hydrogens (primary N) is 1. The Balaban J connectivity index is 2.82. The molecule has 0 aliphatic heterocycles. The van der Waals surface area contributed by atoms with Crippen molar-refractivity contribution in [3.05, 3.63) is 22.7 Å². The van der Waals surface area contributed by atoms with Crippen molar-refractivity contribution >= 4 is 11.6 Å². The smallest absolute Gasteiger partial charge is 0.411 e. The third-order valence-electron chi connectivity index (χ3n) is 2.48. The Labute approximate surface area is 119 Å². The monoisotopic (exact) mass is 313 g/mol. The fraction of sp³-hybridized carbons (Fsp3) is 0.500. The highest BCUT2D eigenvalue weighted by Gasteiger charge is 2.28. The van der Waals surface area contributed by atoms with Gasteiger partial charge in [-0.3, -0.25) is 0 Å². The van der Waals surface area contributed by atoms with Crippen LogP contribution in [0.15, 0.2) is 12.1 Å². The molecule has 8 heteroatoms. The summed E-state index contributed by atoms with van der Waals surface area (Å²) in [7, 11) is 2.82. The second kappa shape index (κ2) is 7.01. The van der Waals surface area contributed by atoms with Gasteiger partial charge >= 0.3 is 6.18 Å². The number of hydrogen-bond donors (Lipinski definition) is 1. The lowest BCUT2D eigenvalue weighted by molar-refractivity contribution is -0.174. The van der Waals surface area contributed by atoms with E-state index in [1.54, 1.807) is 12.1 Å². The van der Waals surface area contributed by atoms with Gasteiger partial charge in [0.25, 0.3) is 0 Å². The minimum atomic E-state index is -4.39. The lowest BCUT2D eigenvalue weighted by Crippen LogP contribution is -2.23. The van der Waals surface area contributed by atoms with Crippen LogP contribution in [0, 0.1) is 0 Å². The molecule has 0 spiro atoms. The van der Waals surface area contributed by atoms with Gasteiger partial charge in [-0.1, -0.05) is 11.6 Å². The van der Waals surface area contributed by atoms with Crippen molar-refractivity contribution in [1.29, 1.82) is 0 Å². The molecule has 20 heavy (non-hydrogen) atoms. The van der Waals surface area contributed by atoms with Crippen molar-refractivity contribution in [1.82, 2.24) is 0 Å². The first kappa shape index (κ1) is 16.9. The maximum absolute atomic E-state index is 12.0. The van der Waals surface area contributed by atoms with E-state index in [0.717, 1.165) is 0 Å². The third-order valence-corrected chi connectivity index (χ3v) is 2.84. The van der Waals surface area contributed by atoms with Gasteiger partial charge in [-0.05, 0) is 12.1 Å². The Bertz CT molecular complexity index is 454. The van der Waals surface area contributed by atoms with Crippen LogP contribution in [0.25, 0.3) is 0 Å². The van der Waals surface area contributed by atoms with Crippen LogP contribution >= 0.6 is 11.6 Å². The molecule has 0 aliphatic carbocycles. The maximum atomic E-state index is 12.0. The first-order valence-electron chi connectivity index (χ1n) is 5.60. The normalized spacial score (nSPS) is 13.2. The minimum absolute atomic E-state index is 0.207. The largest absolute Gasteiger partial charge is 0.495 e. The van der Waals surface area contributed by atoms with Crippen LogP contribution in [0.2, 0.25) is 5.02 Å². The summed E-state index contributed by atoms with van der Waals surface area (Å²) in [5.74, 6) is 0.643. The molecule has 4 nitrogen and oxygen atoms in total. The zero-order chi connectivity index (χ0) is 15.3. The predicted octanol–water partition coefficient (Wildman–Crippen LogP) is 2.94. The van der Waals surface area contributed by atoms with Crippen molar-refractivity contribution in [2.75, 3.05) is 27.4 Å². The maximum Gasteiger partial charge on any atom is 0.411 e. The van der Waals surface area contributed by atoms with Gasteiger partial charge in [-0.25, -0.2) is 0 Å². The molecule has 0 bridgehead atoms. The number of ether oxygens (including phenoxy) is 3.